The molecule has 2 heterocycles. The maximum absolute atomic E-state index is 13.3. The molecule has 150 valence electrons. The average molecular weight is 400 g/mol. The first-order valence-electron chi connectivity index (χ1n) is 7.32. The first-order valence-corrected chi connectivity index (χ1v) is 7.32. The van der Waals surface area contributed by atoms with Gasteiger partial charge in [0.2, 0.25) is 11.5 Å². The van der Waals surface area contributed by atoms with Gasteiger partial charge >= 0.3 is 12.4 Å². The van der Waals surface area contributed by atoms with E-state index in [2.05, 4.69) is 19.9 Å². The van der Waals surface area contributed by atoms with Gasteiger partial charge in [0.05, 0.1) is 12.8 Å². The molecule has 1 unspecified atom stereocenters. The van der Waals surface area contributed by atoms with Crippen molar-refractivity contribution in [3.05, 3.63) is 17.0 Å². The predicted molar refractivity (Wildman–Crippen MR) is 78.5 cm³/mol. The minimum absolute atomic E-state index is 0.187. The van der Waals surface area contributed by atoms with Gasteiger partial charge in [-0.15, -0.1) is 10.2 Å². The highest BCUT2D eigenvalue weighted by molar-refractivity contribution is 5.72. The Morgan fingerprint density at radius 3 is 2.19 bits per heavy atom. The molecule has 0 bridgehead atoms. The van der Waals surface area contributed by atoms with E-state index < -0.39 is 58.1 Å². The summed E-state index contributed by atoms with van der Waals surface area (Å²) in [6.07, 6.45) is -10.2. The van der Waals surface area contributed by atoms with Crippen molar-refractivity contribution < 1.29 is 40.6 Å². The zero-order chi connectivity index (χ0) is 20.8. The predicted octanol–water partition coefficient (Wildman–Crippen LogP) is 3.07. The summed E-state index contributed by atoms with van der Waals surface area (Å²) in [5.74, 6) is -2.78. The number of nitrogens with two attached hydrogens (primary N) is 1. The topological polar surface area (TPSA) is 107 Å². The number of hydrogen-bond acceptors (Lipinski definition) is 7. The van der Waals surface area contributed by atoms with Crippen LogP contribution < -0.4 is 10.5 Å². The number of anilines is 1. The van der Waals surface area contributed by atoms with Crippen LogP contribution in [0.2, 0.25) is 0 Å². The Morgan fingerprint density at radius 1 is 1.15 bits per heavy atom. The smallest absolute Gasteiger partial charge is 0.426 e. The number of nitrogen functional groups attached to an aromatic ring is 1. The van der Waals surface area contributed by atoms with Crippen LogP contribution in [-0.2, 0) is 18.2 Å². The van der Waals surface area contributed by atoms with Crippen molar-refractivity contribution in [1.82, 2.24) is 15.2 Å². The Morgan fingerprint density at radius 2 is 1.74 bits per heavy atom. The molecule has 7 nitrogen and oxygen atoms in total. The van der Waals surface area contributed by atoms with E-state index in [0.29, 0.717) is 6.92 Å². The number of pyridine rings is 1. The van der Waals surface area contributed by atoms with Gasteiger partial charge in [-0.2, -0.15) is 26.3 Å². The second-order valence-electron chi connectivity index (χ2n) is 5.57. The molecule has 0 aliphatic rings. The Labute approximate surface area is 148 Å². The van der Waals surface area contributed by atoms with Crippen molar-refractivity contribution in [3.63, 3.8) is 0 Å². The summed E-state index contributed by atoms with van der Waals surface area (Å²) >= 11 is 0. The first-order chi connectivity index (χ1) is 12.3. The van der Waals surface area contributed by atoms with E-state index in [1.54, 1.807) is 0 Å². The van der Waals surface area contributed by atoms with E-state index in [0.717, 1.165) is 7.11 Å². The van der Waals surface area contributed by atoms with Crippen LogP contribution in [0, 0.1) is 0 Å². The van der Waals surface area contributed by atoms with Crippen LogP contribution in [0.4, 0.5) is 32.0 Å². The van der Waals surface area contributed by atoms with E-state index >= 15 is 0 Å². The van der Waals surface area contributed by atoms with Crippen LogP contribution in [0.25, 0.3) is 11.6 Å². The number of alkyl halides is 6. The van der Waals surface area contributed by atoms with E-state index in [1.807, 2.05) is 0 Å². The summed E-state index contributed by atoms with van der Waals surface area (Å²) in [5.41, 5.74) is -0.363. The Balaban J connectivity index is 2.68. The zero-order valence-electron chi connectivity index (χ0n) is 14.2. The van der Waals surface area contributed by atoms with E-state index in [9.17, 15) is 31.4 Å². The fourth-order valence-corrected chi connectivity index (χ4v) is 2.23. The molecule has 0 saturated carbocycles. The van der Waals surface area contributed by atoms with Crippen molar-refractivity contribution in [2.24, 2.45) is 0 Å². The van der Waals surface area contributed by atoms with Crippen LogP contribution in [0.15, 0.2) is 4.42 Å². The largest absolute Gasteiger partial charge is 0.481 e. The van der Waals surface area contributed by atoms with Crippen LogP contribution in [0.3, 0.4) is 0 Å². The van der Waals surface area contributed by atoms with Crippen LogP contribution in [0.1, 0.15) is 30.9 Å². The molecule has 1 atom stereocenters. The molecule has 13 heteroatoms. The SMILES string of the molecule is CCc1c(N)c(-c2nnc(C(C)(O)C(F)(F)F)o2)nc(OC)c1C(F)(F)F. The summed E-state index contributed by atoms with van der Waals surface area (Å²) < 4.78 is 88.0. The Bertz CT molecular complexity index is 845. The van der Waals surface area contributed by atoms with E-state index in [4.69, 9.17) is 10.2 Å². The van der Waals surface area contributed by atoms with Gasteiger partial charge in [0, 0.05) is 0 Å². The number of methoxy groups -OCH3 is 1. The van der Waals surface area contributed by atoms with Gasteiger partial charge in [-0.1, -0.05) is 6.92 Å². The van der Waals surface area contributed by atoms with Crippen LogP contribution in [0.5, 0.6) is 5.88 Å². The van der Waals surface area contributed by atoms with Gasteiger partial charge in [-0.3, -0.25) is 0 Å². The van der Waals surface area contributed by atoms with Crippen molar-refractivity contribution in [1.29, 1.82) is 0 Å². The van der Waals surface area contributed by atoms with Crippen LogP contribution in [-0.4, -0.2) is 33.6 Å². The van der Waals surface area contributed by atoms with Gasteiger partial charge in [0.15, 0.2) is 5.69 Å². The molecule has 0 amide bonds. The minimum Gasteiger partial charge on any atom is -0.481 e. The second kappa shape index (κ2) is 6.55. The summed E-state index contributed by atoms with van der Waals surface area (Å²) in [5, 5.41) is 16.0. The summed E-state index contributed by atoms with van der Waals surface area (Å²) in [6.45, 7) is 1.77. The number of nitrogens with zero attached hydrogens (tertiary/aromatic N) is 3. The van der Waals surface area contributed by atoms with Crippen LogP contribution >= 0.6 is 0 Å². The summed E-state index contributed by atoms with van der Waals surface area (Å²) in [7, 11) is 0.935. The molecular formula is C14H14F6N4O3. The average Bonchev–Trinajstić information content (AvgIpc) is 3.02. The highest BCUT2D eigenvalue weighted by Crippen LogP contribution is 2.44. The van der Waals surface area contributed by atoms with Gasteiger partial charge in [-0.05, 0) is 18.9 Å². The second-order valence-corrected chi connectivity index (χ2v) is 5.57. The third-order valence-electron chi connectivity index (χ3n) is 3.74. The monoisotopic (exact) mass is 400 g/mol. The lowest BCUT2D eigenvalue weighted by molar-refractivity contribution is -0.266. The number of ether oxygens (including phenoxy) is 1. The minimum atomic E-state index is -5.14. The van der Waals surface area contributed by atoms with E-state index in [1.165, 1.54) is 6.92 Å². The molecule has 2 aromatic rings. The maximum Gasteiger partial charge on any atom is 0.426 e. The highest BCUT2D eigenvalue weighted by Gasteiger charge is 2.55. The van der Waals surface area contributed by atoms with Gasteiger partial charge in [0.1, 0.15) is 5.56 Å². The normalized spacial score (nSPS) is 14.9. The van der Waals surface area contributed by atoms with Crippen molar-refractivity contribution >= 4 is 5.69 Å². The molecule has 0 saturated heterocycles. The molecular weight excluding hydrogens is 386 g/mol. The quantitative estimate of drug-likeness (QED) is 0.760. The molecule has 0 radical (unpaired) electrons. The van der Waals surface area contributed by atoms with Crippen molar-refractivity contribution in [2.45, 2.75) is 38.2 Å². The molecule has 2 aromatic heterocycles. The number of aliphatic hydroxyl groups is 1. The summed E-state index contributed by atoms with van der Waals surface area (Å²) in [4.78, 5) is 3.57. The third kappa shape index (κ3) is 3.50. The molecule has 3 N–H and O–H groups in total. The van der Waals surface area contributed by atoms with Gasteiger partial charge in [0.25, 0.3) is 11.8 Å². The summed E-state index contributed by atoms with van der Waals surface area (Å²) in [6, 6.07) is 0. The number of aromatic nitrogens is 3. The maximum atomic E-state index is 13.3. The van der Waals surface area contributed by atoms with E-state index in [-0.39, 0.29) is 6.42 Å². The number of rotatable bonds is 4. The zero-order valence-corrected chi connectivity index (χ0v) is 14.2. The lowest BCUT2D eigenvalue weighted by atomic mass is 10.0. The third-order valence-corrected chi connectivity index (χ3v) is 3.74. The van der Waals surface area contributed by atoms with Crippen molar-refractivity contribution in [2.75, 3.05) is 12.8 Å². The standard InChI is InChI=1S/C14H14F6N4O3/c1-4-5-6(13(15,16)17)9(26-3)22-8(7(5)21)10-23-24-11(27-10)12(2,25)14(18,19)20/h25H,4,21H2,1-3H3. The molecule has 0 spiro atoms. The van der Waals surface area contributed by atoms with Gasteiger partial charge in [-0.25, -0.2) is 4.98 Å². The fourth-order valence-electron chi connectivity index (χ4n) is 2.23. The lowest BCUT2D eigenvalue weighted by Gasteiger charge is -2.21. The molecule has 0 aliphatic carbocycles. The highest BCUT2D eigenvalue weighted by atomic mass is 19.4. The molecule has 27 heavy (non-hydrogen) atoms. The molecule has 0 fully saturated rings. The number of hydrogen-bond donors (Lipinski definition) is 2. The molecule has 2 rings (SSSR count). The first kappa shape index (κ1) is 20.7. The Hall–Kier alpha value is -2.57. The van der Waals surface area contributed by atoms with Crippen molar-refractivity contribution in [3.8, 4) is 17.5 Å². The number of halogens is 6. The molecule has 0 aromatic carbocycles. The Kier molecular flexibility index (Phi) is 5.03. The lowest BCUT2D eigenvalue weighted by Crippen LogP contribution is -2.39. The fraction of sp³-hybridized carbons (Fsp3) is 0.500. The van der Waals surface area contributed by atoms with Gasteiger partial charge < -0.3 is 20.0 Å². The molecule has 0 aliphatic heterocycles.